The van der Waals surface area contributed by atoms with Crippen LogP contribution < -0.4 is 14.4 Å². The first-order chi connectivity index (χ1) is 12.8. The van der Waals surface area contributed by atoms with E-state index >= 15 is 0 Å². The molecule has 0 saturated carbocycles. The molecular weight excluding hydrogens is 364 g/mol. The van der Waals surface area contributed by atoms with Crippen molar-refractivity contribution in [2.24, 2.45) is 0 Å². The van der Waals surface area contributed by atoms with Crippen molar-refractivity contribution in [1.82, 2.24) is 0 Å². The van der Waals surface area contributed by atoms with Crippen LogP contribution in [0.25, 0.3) is 0 Å². The molecule has 0 aromatic heterocycles. The van der Waals surface area contributed by atoms with Crippen molar-refractivity contribution in [2.75, 3.05) is 22.5 Å². The Morgan fingerprint density at radius 2 is 1.81 bits per heavy atom. The van der Waals surface area contributed by atoms with E-state index < -0.39 is 22.0 Å². The van der Waals surface area contributed by atoms with E-state index in [-0.39, 0.29) is 0 Å². The van der Waals surface area contributed by atoms with Crippen LogP contribution in [0, 0.1) is 6.92 Å². The number of anilines is 2. The Balaban J connectivity index is 2.32. The fraction of sp³-hybridized carbons (Fsp3) is 0.350. The Bertz CT molecular complexity index is 879. The zero-order valence-electron chi connectivity index (χ0n) is 16.1. The van der Waals surface area contributed by atoms with Crippen LogP contribution >= 0.6 is 0 Å². The van der Waals surface area contributed by atoms with Crippen LogP contribution in [0.5, 0.6) is 5.75 Å². The SMILES string of the molecule is CCOc1cccc(NC(=O)C(CC)N(c2ccc(C)cc2)S(C)(=O)=O)c1. The van der Waals surface area contributed by atoms with E-state index in [0.29, 0.717) is 30.2 Å². The molecule has 2 rings (SSSR count). The van der Waals surface area contributed by atoms with Gasteiger partial charge in [-0.3, -0.25) is 9.10 Å². The molecule has 0 radical (unpaired) electrons. The van der Waals surface area contributed by atoms with Gasteiger partial charge in [0.25, 0.3) is 0 Å². The number of amides is 1. The highest BCUT2D eigenvalue weighted by molar-refractivity contribution is 7.92. The summed E-state index contributed by atoms with van der Waals surface area (Å²) < 4.78 is 31.5. The van der Waals surface area contributed by atoms with E-state index in [1.165, 1.54) is 4.31 Å². The quantitative estimate of drug-likeness (QED) is 0.748. The number of rotatable bonds is 8. The number of carbonyl (C=O) groups excluding carboxylic acids is 1. The average Bonchev–Trinajstić information content (AvgIpc) is 2.60. The molecule has 2 aromatic carbocycles. The molecule has 0 spiro atoms. The first-order valence-corrected chi connectivity index (χ1v) is 10.7. The zero-order valence-corrected chi connectivity index (χ0v) is 16.9. The molecular formula is C20H26N2O4S. The number of benzene rings is 2. The molecule has 2 aromatic rings. The predicted molar refractivity (Wildman–Crippen MR) is 109 cm³/mol. The van der Waals surface area contributed by atoms with Gasteiger partial charge in [0.2, 0.25) is 15.9 Å². The number of nitrogens with one attached hydrogen (secondary N) is 1. The monoisotopic (exact) mass is 390 g/mol. The van der Waals surface area contributed by atoms with Crippen LogP contribution in [0.2, 0.25) is 0 Å². The molecule has 1 atom stereocenters. The predicted octanol–water partition coefficient (Wildman–Crippen LogP) is 3.58. The molecule has 0 saturated heterocycles. The van der Waals surface area contributed by atoms with Gasteiger partial charge in [-0.1, -0.05) is 30.7 Å². The molecule has 0 aliphatic heterocycles. The Kier molecular flexibility index (Phi) is 6.85. The number of carbonyl (C=O) groups is 1. The van der Waals surface area contributed by atoms with E-state index in [2.05, 4.69) is 5.32 Å². The van der Waals surface area contributed by atoms with Crippen LogP contribution in [0.3, 0.4) is 0 Å². The number of sulfonamides is 1. The maximum Gasteiger partial charge on any atom is 0.248 e. The molecule has 0 heterocycles. The van der Waals surface area contributed by atoms with Gasteiger partial charge in [-0.15, -0.1) is 0 Å². The van der Waals surface area contributed by atoms with Crippen molar-refractivity contribution < 1.29 is 17.9 Å². The molecule has 0 bridgehead atoms. The minimum absolute atomic E-state index is 0.331. The molecule has 27 heavy (non-hydrogen) atoms. The molecule has 0 fully saturated rings. The summed E-state index contributed by atoms with van der Waals surface area (Å²) in [7, 11) is -3.65. The molecule has 6 nitrogen and oxygen atoms in total. The highest BCUT2D eigenvalue weighted by atomic mass is 32.2. The van der Waals surface area contributed by atoms with Gasteiger partial charge >= 0.3 is 0 Å². The Morgan fingerprint density at radius 3 is 2.37 bits per heavy atom. The second-order valence-corrected chi connectivity index (χ2v) is 8.13. The minimum atomic E-state index is -3.65. The van der Waals surface area contributed by atoms with Crippen LogP contribution in [-0.4, -0.2) is 33.2 Å². The summed E-state index contributed by atoms with van der Waals surface area (Å²) in [5, 5.41) is 2.80. The van der Waals surface area contributed by atoms with Crippen molar-refractivity contribution >= 4 is 27.3 Å². The number of nitrogens with zero attached hydrogens (tertiary/aromatic N) is 1. The maximum atomic E-state index is 12.9. The van der Waals surface area contributed by atoms with E-state index in [4.69, 9.17) is 4.74 Å². The van der Waals surface area contributed by atoms with Gasteiger partial charge in [-0.2, -0.15) is 0 Å². The summed E-state index contributed by atoms with van der Waals surface area (Å²) >= 11 is 0. The summed E-state index contributed by atoms with van der Waals surface area (Å²) in [6, 6.07) is 13.2. The molecule has 0 aliphatic carbocycles. The van der Waals surface area contributed by atoms with Gasteiger partial charge in [0, 0.05) is 11.8 Å². The summed E-state index contributed by atoms with van der Waals surface area (Å²) in [5.41, 5.74) is 2.03. The van der Waals surface area contributed by atoms with Crippen LogP contribution in [0.4, 0.5) is 11.4 Å². The maximum absolute atomic E-state index is 12.9. The fourth-order valence-corrected chi connectivity index (χ4v) is 4.02. The van der Waals surface area contributed by atoms with Crippen molar-refractivity contribution in [3.63, 3.8) is 0 Å². The average molecular weight is 391 g/mol. The second-order valence-electron chi connectivity index (χ2n) is 6.27. The first kappa shape index (κ1) is 20.8. The topological polar surface area (TPSA) is 75.7 Å². The number of aryl methyl sites for hydroxylation is 1. The number of hydrogen-bond donors (Lipinski definition) is 1. The highest BCUT2D eigenvalue weighted by Crippen LogP contribution is 2.24. The summed E-state index contributed by atoms with van der Waals surface area (Å²) in [5.74, 6) is 0.249. The smallest absolute Gasteiger partial charge is 0.248 e. The Morgan fingerprint density at radius 1 is 1.15 bits per heavy atom. The van der Waals surface area contributed by atoms with Crippen molar-refractivity contribution in [2.45, 2.75) is 33.2 Å². The summed E-state index contributed by atoms with van der Waals surface area (Å²) in [6.07, 6.45) is 1.44. The minimum Gasteiger partial charge on any atom is -0.494 e. The van der Waals surface area contributed by atoms with Gasteiger partial charge in [-0.05, 0) is 44.5 Å². The summed E-state index contributed by atoms with van der Waals surface area (Å²) in [6.45, 7) is 6.10. The molecule has 7 heteroatoms. The van der Waals surface area contributed by atoms with Crippen molar-refractivity contribution in [3.8, 4) is 5.75 Å². The van der Waals surface area contributed by atoms with Crippen molar-refractivity contribution in [1.29, 1.82) is 0 Å². The second kappa shape index (κ2) is 8.90. The normalized spacial score (nSPS) is 12.3. The van der Waals surface area contributed by atoms with Gasteiger partial charge < -0.3 is 10.1 Å². The lowest BCUT2D eigenvalue weighted by atomic mass is 10.1. The molecule has 1 unspecified atom stereocenters. The number of hydrogen-bond acceptors (Lipinski definition) is 4. The van der Waals surface area contributed by atoms with Crippen molar-refractivity contribution in [3.05, 3.63) is 54.1 Å². The van der Waals surface area contributed by atoms with Gasteiger partial charge in [0.05, 0.1) is 18.6 Å². The van der Waals surface area contributed by atoms with Crippen LogP contribution in [-0.2, 0) is 14.8 Å². The third-order valence-electron chi connectivity index (χ3n) is 4.03. The van der Waals surface area contributed by atoms with Crippen LogP contribution in [0.15, 0.2) is 48.5 Å². The largest absolute Gasteiger partial charge is 0.494 e. The third-order valence-corrected chi connectivity index (χ3v) is 5.21. The lowest BCUT2D eigenvalue weighted by molar-refractivity contribution is -0.117. The van der Waals surface area contributed by atoms with E-state index in [9.17, 15) is 13.2 Å². The summed E-state index contributed by atoms with van der Waals surface area (Å²) in [4.78, 5) is 12.9. The van der Waals surface area contributed by atoms with Gasteiger partial charge in [0.1, 0.15) is 11.8 Å². The van der Waals surface area contributed by atoms with E-state index in [0.717, 1.165) is 11.8 Å². The molecule has 1 amide bonds. The van der Waals surface area contributed by atoms with Gasteiger partial charge in [-0.25, -0.2) is 8.42 Å². The zero-order chi connectivity index (χ0) is 20.0. The molecule has 0 aliphatic rings. The van der Waals surface area contributed by atoms with E-state index in [1.807, 2.05) is 26.0 Å². The number of ether oxygens (including phenoxy) is 1. The van der Waals surface area contributed by atoms with Crippen LogP contribution in [0.1, 0.15) is 25.8 Å². The lowest BCUT2D eigenvalue weighted by Gasteiger charge is -2.30. The molecule has 146 valence electrons. The lowest BCUT2D eigenvalue weighted by Crippen LogP contribution is -2.47. The highest BCUT2D eigenvalue weighted by Gasteiger charge is 2.31. The Hall–Kier alpha value is -2.54. The third kappa shape index (κ3) is 5.47. The Labute approximate surface area is 161 Å². The molecule has 1 N–H and O–H groups in total. The standard InChI is InChI=1S/C20H26N2O4S/c1-5-19(20(23)21-16-8-7-9-18(14-16)26-6-2)22(27(4,24)25)17-12-10-15(3)11-13-17/h7-14,19H,5-6H2,1-4H3,(H,21,23). The van der Waals surface area contributed by atoms with Gasteiger partial charge in [0.15, 0.2) is 0 Å². The van der Waals surface area contributed by atoms with E-state index in [1.54, 1.807) is 43.3 Å². The first-order valence-electron chi connectivity index (χ1n) is 8.86. The fourth-order valence-electron chi connectivity index (χ4n) is 2.81.